The Labute approximate surface area is 109 Å². The Bertz CT molecular complexity index is 400. The molecular formula is C15H20N2O. The lowest BCUT2D eigenvalue weighted by Gasteiger charge is -2.21. The molecule has 3 nitrogen and oxygen atoms in total. The van der Waals surface area contributed by atoms with E-state index in [0.717, 1.165) is 5.56 Å². The second-order valence-electron chi connectivity index (χ2n) is 4.09. The molecule has 1 rings (SSSR count). The Morgan fingerprint density at radius 1 is 1.39 bits per heavy atom. The van der Waals surface area contributed by atoms with Crippen LogP contribution in [0.4, 0.5) is 0 Å². The third kappa shape index (κ3) is 4.18. The molecule has 0 spiro atoms. The van der Waals surface area contributed by atoms with Gasteiger partial charge in [-0.15, -0.1) is 13.2 Å². The lowest BCUT2D eigenvalue weighted by Crippen LogP contribution is -2.43. The molecule has 1 atom stereocenters. The lowest BCUT2D eigenvalue weighted by molar-refractivity contribution is -0.130. The fraction of sp³-hybridized carbons (Fsp3) is 0.267. The minimum absolute atomic E-state index is 0.000770. The number of hydrogen-bond donors (Lipinski definition) is 1. The molecule has 1 amide bonds. The quantitative estimate of drug-likeness (QED) is 0.744. The Morgan fingerprint density at radius 2 is 2.06 bits per heavy atom. The number of hydrogen-bond acceptors (Lipinski definition) is 2. The van der Waals surface area contributed by atoms with E-state index in [1.165, 1.54) is 0 Å². The highest BCUT2D eigenvalue weighted by molar-refractivity contribution is 5.83. The zero-order valence-electron chi connectivity index (χ0n) is 10.8. The van der Waals surface area contributed by atoms with E-state index in [-0.39, 0.29) is 11.9 Å². The van der Waals surface area contributed by atoms with Gasteiger partial charge in [0.25, 0.3) is 0 Å². The third-order valence-electron chi connectivity index (χ3n) is 2.65. The maximum Gasteiger partial charge on any atom is 0.243 e. The van der Waals surface area contributed by atoms with E-state index < -0.39 is 0 Å². The van der Waals surface area contributed by atoms with Gasteiger partial charge in [0, 0.05) is 20.1 Å². The van der Waals surface area contributed by atoms with Gasteiger partial charge in [-0.25, -0.2) is 0 Å². The summed E-state index contributed by atoms with van der Waals surface area (Å²) in [6.07, 6.45) is 3.33. The number of carbonyl (C=O) groups is 1. The largest absolute Gasteiger partial charge is 0.340 e. The summed E-state index contributed by atoms with van der Waals surface area (Å²) >= 11 is 0. The Morgan fingerprint density at radius 3 is 2.61 bits per heavy atom. The van der Waals surface area contributed by atoms with Crippen LogP contribution in [-0.2, 0) is 11.3 Å². The van der Waals surface area contributed by atoms with Gasteiger partial charge < -0.3 is 4.90 Å². The maximum absolute atomic E-state index is 12.0. The van der Waals surface area contributed by atoms with Gasteiger partial charge >= 0.3 is 0 Å². The molecule has 0 aliphatic heterocycles. The van der Waals surface area contributed by atoms with Crippen molar-refractivity contribution in [1.82, 2.24) is 10.2 Å². The predicted molar refractivity (Wildman–Crippen MR) is 75.1 cm³/mol. The van der Waals surface area contributed by atoms with Gasteiger partial charge in [0.2, 0.25) is 5.91 Å². The minimum atomic E-state index is -0.366. The molecule has 1 aromatic rings. The van der Waals surface area contributed by atoms with Crippen molar-refractivity contribution in [1.29, 1.82) is 0 Å². The third-order valence-corrected chi connectivity index (χ3v) is 2.65. The summed E-state index contributed by atoms with van der Waals surface area (Å²) in [6.45, 7) is 8.50. The Balaban J connectivity index is 2.54. The van der Waals surface area contributed by atoms with Crippen molar-refractivity contribution in [3.05, 3.63) is 61.2 Å². The molecule has 18 heavy (non-hydrogen) atoms. The average Bonchev–Trinajstić information content (AvgIpc) is 2.40. The van der Waals surface area contributed by atoms with Crippen LogP contribution in [0.15, 0.2) is 55.6 Å². The first kappa shape index (κ1) is 14.2. The second-order valence-corrected chi connectivity index (χ2v) is 4.09. The number of nitrogens with zero attached hydrogens (tertiary/aromatic N) is 1. The molecule has 1 unspecified atom stereocenters. The van der Waals surface area contributed by atoms with E-state index in [9.17, 15) is 4.79 Å². The highest BCUT2D eigenvalue weighted by Gasteiger charge is 2.17. The van der Waals surface area contributed by atoms with E-state index in [0.29, 0.717) is 13.1 Å². The SMILES string of the molecule is C=CCN(C)C(=O)C(C=C)NCc1ccccc1. The zero-order chi connectivity index (χ0) is 13.4. The van der Waals surface area contributed by atoms with E-state index in [2.05, 4.69) is 18.5 Å². The molecule has 0 aliphatic rings. The molecule has 0 fully saturated rings. The molecule has 0 saturated carbocycles. The number of nitrogens with one attached hydrogen (secondary N) is 1. The van der Waals surface area contributed by atoms with Crippen LogP contribution in [0, 0.1) is 0 Å². The fourth-order valence-electron chi connectivity index (χ4n) is 1.62. The first-order valence-electron chi connectivity index (χ1n) is 5.94. The number of carbonyl (C=O) groups excluding carboxylic acids is 1. The summed E-state index contributed by atoms with van der Waals surface area (Å²) in [5.74, 6) is 0.000770. The Kier molecular flexibility index (Phi) is 5.88. The molecule has 1 N–H and O–H groups in total. The number of likely N-dealkylation sites (N-methyl/N-ethyl adjacent to an activating group) is 1. The summed E-state index contributed by atoms with van der Waals surface area (Å²) in [5, 5.41) is 3.18. The zero-order valence-corrected chi connectivity index (χ0v) is 10.8. The number of amides is 1. The molecule has 0 heterocycles. The molecule has 0 aromatic heterocycles. The minimum Gasteiger partial charge on any atom is -0.340 e. The van der Waals surface area contributed by atoms with Crippen molar-refractivity contribution in [3.63, 3.8) is 0 Å². The van der Waals surface area contributed by atoms with Gasteiger partial charge in [0.15, 0.2) is 0 Å². The topological polar surface area (TPSA) is 32.3 Å². The summed E-state index contributed by atoms with van der Waals surface area (Å²) in [4.78, 5) is 13.7. The smallest absolute Gasteiger partial charge is 0.243 e. The van der Waals surface area contributed by atoms with Crippen LogP contribution in [0.2, 0.25) is 0 Å². The maximum atomic E-state index is 12.0. The first-order valence-corrected chi connectivity index (χ1v) is 5.94. The molecule has 1 aromatic carbocycles. The van der Waals surface area contributed by atoms with Gasteiger partial charge in [0.05, 0.1) is 0 Å². The van der Waals surface area contributed by atoms with Crippen LogP contribution in [0.25, 0.3) is 0 Å². The lowest BCUT2D eigenvalue weighted by atomic mass is 10.2. The van der Waals surface area contributed by atoms with Gasteiger partial charge in [-0.05, 0) is 5.56 Å². The number of rotatable bonds is 7. The van der Waals surface area contributed by atoms with Crippen molar-refractivity contribution >= 4 is 5.91 Å². The van der Waals surface area contributed by atoms with E-state index in [1.54, 1.807) is 24.1 Å². The molecule has 0 saturated heterocycles. The average molecular weight is 244 g/mol. The van der Waals surface area contributed by atoms with Gasteiger partial charge in [0.1, 0.15) is 6.04 Å². The second kappa shape index (κ2) is 7.45. The van der Waals surface area contributed by atoms with Gasteiger partial charge in [-0.1, -0.05) is 42.5 Å². The van der Waals surface area contributed by atoms with Crippen molar-refractivity contribution in [2.24, 2.45) is 0 Å². The molecule has 0 radical (unpaired) electrons. The molecule has 96 valence electrons. The monoisotopic (exact) mass is 244 g/mol. The first-order chi connectivity index (χ1) is 8.69. The highest BCUT2D eigenvalue weighted by Crippen LogP contribution is 2.00. The molecule has 0 aliphatic carbocycles. The molecule has 0 bridgehead atoms. The van der Waals surface area contributed by atoms with Crippen LogP contribution in [-0.4, -0.2) is 30.4 Å². The summed E-state index contributed by atoms with van der Waals surface area (Å²) < 4.78 is 0. The Hall–Kier alpha value is -1.87. The summed E-state index contributed by atoms with van der Waals surface area (Å²) in [5.41, 5.74) is 1.14. The van der Waals surface area contributed by atoms with Crippen molar-refractivity contribution in [3.8, 4) is 0 Å². The van der Waals surface area contributed by atoms with Crippen LogP contribution in [0.1, 0.15) is 5.56 Å². The van der Waals surface area contributed by atoms with Crippen molar-refractivity contribution in [2.45, 2.75) is 12.6 Å². The summed E-state index contributed by atoms with van der Waals surface area (Å²) in [7, 11) is 1.75. The van der Waals surface area contributed by atoms with Crippen molar-refractivity contribution < 1.29 is 4.79 Å². The highest BCUT2D eigenvalue weighted by atomic mass is 16.2. The van der Waals surface area contributed by atoms with E-state index in [4.69, 9.17) is 0 Å². The van der Waals surface area contributed by atoms with E-state index >= 15 is 0 Å². The number of benzene rings is 1. The van der Waals surface area contributed by atoms with Crippen LogP contribution in [0.5, 0.6) is 0 Å². The normalized spacial score (nSPS) is 11.6. The molecule has 3 heteroatoms. The standard InChI is InChI=1S/C15H20N2O/c1-4-11-17(3)15(18)14(5-2)16-12-13-9-7-6-8-10-13/h4-10,14,16H,1-2,11-12H2,3H3. The van der Waals surface area contributed by atoms with Crippen molar-refractivity contribution in [2.75, 3.05) is 13.6 Å². The van der Waals surface area contributed by atoms with Gasteiger partial charge in [-0.3, -0.25) is 10.1 Å². The van der Waals surface area contributed by atoms with Gasteiger partial charge in [-0.2, -0.15) is 0 Å². The van der Waals surface area contributed by atoms with Crippen LogP contribution >= 0.6 is 0 Å². The van der Waals surface area contributed by atoms with Crippen LogP contribution in [0.3, 0.4) is 0 Å². The fourth-order valence-corrected chi connectivity index (χ4v) is 1.62. The predicted octanol–water partition coefficient (Wildman–Crippen LogP) is 1.98. The van der Waals surface area contributed by atoms with E-state index in [1.807, 2.05) is 30.3 Å². The summed E-state index contributed by atoms with van der Waals surface area (Å²) in [6, 6.07) is 9.60. The van der Waals surface area contributed by atoms with Crippen LogP contribution < -0.4 is 5.32 Å². The molecular weight excluding hydrogens is 224 g/mol.